The van der Waals surface area contributed by atoms with E-state index in [1.807, 2.05) is 0 Å². The Balaban J connectivity index is 0.00000162. The number of guanidine groups is 1. The summed E-state index contributed by atoms with van der Waals surface area (Å²) in [5, 5.41) is 0. The summed E-state index contributed by atoms with van der Waals surface area (Å²) >= 11 is 0. The second kappa shape index (κ2) is 8.74. The summed E-state index contributed by atoms with van der Waals surface area (Å²) in [6, 6.07) is 0. The fraction of sp³-hybridized carbons (Fsp3) is 0.769. The third-order valence-electron chi connectivity index (χ3n) is 3.44. The third kappa shape index (κ3) is 5.14. The second-order valence-electron chi connectivity index (χ2n) is 4.72. The van der Waals surface area contributed by atoms with Crippen LogP contribution in [0.15, 0.2) is 16.6 Å². The van der Waals surface area contributed by atoms with Crippen LogP contribution in [0, 0.1) is 0 Å². The van der Waals surface area contributed by atoms with Crippen LogP contribution < -0.4 is 5.73 Å². The molecule has 0 aromatic rings. The molecule has 0 aliphatic carbocycles. The number of hydrogen-bond acceptors (Lipinski definition) is 2. The molecule has 0 aromatic carbocycles. The lowest BCUT2D eigenvalue weighted by Gasteiger charge is -2.27. The highest BCUT2D eigenvalue weighted by Crippen LogP contribution is 2.12. The summed E-state index contributed by atoms with van der Waals surface area (Å²) in [7, 11) is 0. The number of aliphatic imine (C=N–C) groups is 1. The molecule has 18 heavy (non-hydrogen) atoms. The predicted octanol–water partition coefficient (Wildman–Crippen LogP) is 2.14. The molecule has 1 fully saturated rings. The lowest BCUT2D eigenvalue weighted by atomic mass is 10.1. The number of likely N-dealkylation sites (tertiary alicyclic amines) is 1. The van der Waals surface area contributed by atoms with Gasteiger partial charge in [0.25, 0.3) is 0 Å². The molecule has 104 valence electrons. The van der Waals surface area contributed by atoms with Gasteiger partial charge in [-0.3, -0.25) is 4.99 Å². The molecule has 2 N–H and O–H groups in total. The lowest BCUT2D eigenvalue weighted by molar-refractivity contribution is 0.153. The Morgan fingerprint density at radius 3 is 2.78 bits per heavy atom. The molecule has 0 radical (unpaired) electrons. The number of nitrogens with two attached hydrogens (primary N) is 1. The molecule has 0 unspecified atom stereocenters. The van der Waals surface area contributed by atoms with Gasteiger partial charge in [-0.2, -0.15) is 0 Å². The number of nitrogens with zero attached hydrogens (tertiary/aromatic N) is 2. The standard InChI is InChI=1S/C13H23N3O.HI/c14-13(16-8-2-1-3-9-16)15-7-4-12-5-10-17-11-6-12;/h5H,1-4,6-11H2,(H2,14,15);1H. The molecule has 2 heterocycles. The molecule has 4 nitrogen and oxygen atoms in total. The highest BCUT2D eigenvalue weighted by molar-refractivity contribution is 14.0. The molecule has 0 bridgehead atoms. The topological polar surface area (TPSA) is 50.9 Å². The van der Waals surface area contributed by atoms with Gasteiger partial charge in [0.15, 0.2) is 5.96 Å². The first-order valence-electron chi connectivity index (χ1n) is 6.67. The summed E-state index contributed by atoms with van der Waals surface area (Å²) < 4.78 is 5.28. The van der Waals surface area contributed by atoms with Gasteiger partial charge in [0, 0.05) is 19.6 Å². The minimum absolute atomic E-state index is 0. The maximum atomic E-state index is 6.00. The van der Waals surface area contributed by atoms with Crippen LogP contribution in [0.2, 0.25) is 0 Å². The molecule has 1 saturated heterocycles. The van der Waals surface area contributed by atoms with Crippen LogP contribution in [0.5, 0.6) is 0 Å². The molecule has 0 saturated carbocycles. The SMILES string of the molecule is I.NC(=NCCC1=CCOCC1)N1CCCCC1. The fourth-order valence-corrected chi connectivity index (χ4v) is 2.33. The summed E-state index contributed by atoms with van der Waals surface area (Å²) in [6.45, 7) is 4.59. The molecule has 0 aromatic heterocycles. The molecule has 5 heteroatoms. The van der Waals surface area contributed by atoms with Crippen molar-refractivity contribution in [2.75, 3.05) is 32.8 Å². The van der Waals surface area contributed by atoms with E-state index in [-0.39, 0.29) is 24.0 Å². The van der Waals surface area contributed by atoms with Crippen molar-refractivity contribution in [1.29, 1.82) is 0 Å². The fourth-order valence-electron chi connectivity index (χ4n) is 2.33. The van der Waals surface area contributed by atoms with E-state index in [0.29, 0.717) is 0 Å². The number of hydrogen-bond donors (Lipinski definition) is 1. The van der Waals surface area contributed by atoms with E-state index < -0.39 is 0 Å². The predicted molar refractivity (Wildman–Crippen MR) is 85.5 cm³/mol. The van der Waals surface area contributed by atoms with E-state index in [9.17, 15) is 0 Å². The van der Waals surface area contributed by atoms with Gasteiger partial charge in [0.2, 0.25) is 0 Å². The summed E-state index contributed by atoms with van der Waals surface area (Å²) in [5.41, 5.74) is 7.46. The average molecular weight is 365 g/mol. The largest absolute Gasteiger partial charge is 0.377 e. The van der Waals surface area contributed by atoms with Crippen molar-refractivity contribution in [2.45, 2.75) is 32.1 Å². The van der Waals surface area contributed by atoms with Crippen LogP contribution in [-0.4, -0.2) is 43.7 Å². The molecule has 2 aliphatic heterocycles. The Labute approximate surface area is 127 Å². The van der Waals surface area contributed by atoms with Gasteiger partial charge in [-0.15, -0.1) is 24.0 Å². The molecular weight excluding hydrogens is 341 g/mol. The number of rotatable bonds is 3. The van der Waals surface area contributed by atoms with Crippen molar-refractivity contribution in [3.8, 4) is 0 Å². The van der Waals surface area contributed by atoms with E-state index >= 15 is 0 Å². The number of halogens is 1. The highest BCUT2D eigenvalue weighted by Gasteiger charge is 2.11. The maximum Gasteiger partial charge on any atom is 0.191 e. The number of piperidine rings is 1. The molecule has 0 spiro atoms. The van der Waals surface area contributed by atoms with Crippen molar-refractivity contribution in [3.05, 3.63) is 11.6 Å². The lowest BCUT2D eigenvalue weighted by Crippen LogP contribution is -2.40. The van der Waals surface area contributed by atoms with E-state index in [0.717, 1.165) is 51.6 Å². The smallest absolute Gasteiger partial charge is 0.191 e. The minimum atomic E-state index is 0. The molecule has 2 aliphatic rings. The normalized spacial score (nSPS) is 21.2. The zero-order chi connectivity index (χ0) is 11.9. The Bertz CT molecular complexity index is 299. The molecule has 0 amide bonds. The molecular formula is C13H24IN3O. The zero-order valence-corrected chi connectivity index (χ0v) is 13.3. The van der Waals surface area contributed by atoms with E-state index in [1.165, 1.54) is 24.8 Å². The maximum absolute atomic E-state index is 6.00. The number of ether oxygens (including phenoxy) is 1. The Morgan fingerprint density at radius 1 is 1.33 bits per heavy atom. The van der Waals surface area contributed by atoms with Crippen LogP contribution in [0.4, 0.5) is 0 Å². The van der Waals surface area contributed by atoms with Crippen molar-refractivity contribution in [2.24, 2.45) is 10.7 Å². The minimum Gasteiger partial charge on any atom is -0.377 e. The van der Waals surface area contributed by atoms with Crippen molar-refractivity contribution in [1.82, 2.24) is 4.90 Å². The highest BCUT2D eigenvalue weighted by atomic mass is 127. The van der Waals surface area contributed by atoms with E-state index in [1.54, 1.807) is 0 Å². The van der Waals surface area contributed by atoms with E-state index in [2.05, 4.69) is 16.0 Å². The summed E-state index contributed by atoms with van der Waals surface area (Å²) in [4.78, 5) is 6.69. The van der Waals surface area contributed by atoms with Gasteiger partial charge >= 0.3 is 0 Å². The summed E-state index contributed by atoms with van der Waals surface area (Å²) in [5.74, 6) is 0.734. The van der Waals surface area contributed by atoms with Crippen LogP contribution in [-0.2, 0) is 4.74 Å². The first kappa shape index (κ1) is 15.8. The van der Waals surface area contributed by atoms with Crippen LogP contribution in [0.3, 0.4) is 0 Å². The summed E-state index contributed by atoms with van der Waals surface area (Å²) in [6.07, 6.45) is 8.08. The molecule has 0 atom stereocenters. The Hall–Kier alpha value is -0.300. The van der Waals surface area contributed by atoms with Crippen molar-refractivity contribution >= 4 is 29.9 Å². The van der Waals surface area contributed by atoms with E-state index in [4.69, 9.17) is 10.5 Å². The monoisotopic (exact) mass is 365 g/mol. The van der Waals surface area contributed by atoms with Gasteiger partial charge in [-0.05, 0) is 32.1 Å². The third-order valence-corrected chi connectivity index (χ3v) is 3.44. The first-order chi connectivity index (χ1) is 8.36. The van der Waals surface area contributed by atoms with Gasteiger partial charge in [0.1, 0.15) is 0 Å². The Kier molecular flexibility index (Phi) is 7.65. The quantitative estimate of drug-likeness (QED) is 0.361. The van der Waals surface area contributed by atoms with Gasteiger partial charge < -0.3 is 15.4 Å². The van der Waals surface area contributed by atoms with Crippen molar-refractivity contribution in [3.63, 3.8) is 0 Å². The van der Waals surface area contributed by atoms with Crippen LogP contribution >= 0.6 is 24.0 Å². The van der Waals surface area contributed by atoms with Gasteiger partial charge in [-0.25, -0.2) is 0 Å². The van der Waals surface area contributed by atoms with Gasteiger partial charge in [0.05, 0.1) is 13.2 Å². The van der Waals surface area contributed by atoms with Crippen LogP contribution in [0.1, 0.15) is 32.1 Å². The molecule has 2 rings (SSSR count). The first-order valence-corrected chi connectivity index (χ1v) is 6.67. The van der Waals surface area contributed by atoms with Gasteiger partial charge in [-0.1, -0.05) is 11.6 Å². The second-order valence-corrected chi connectivity index (χ2v) is 4.72. The van der Waals surface area contributed by atoms with Crippen molar-refractivity contribution < 1.29 is 4.74 Å². The zero-order valence-electron chi connectivity index (χ0n) is 10.9. The van der Waals surface area contributed by atoms with Crippen LogP contribution in [0.25, 0.3) is 0 Å². The Morgan fingerprint density at radius 2 is 2.11 bits per heavy atom. The average Bonchev–Trinajstić information content (AvgIpc) is 2.41.